The Morgan fingerprint density at radius 3 is 2.53 bits per heavy atom. The second-order valence-electron chi connectivity index (χ2n) is 7.11. The Morgan fingerprint density at radius 2 is 1.83 bits per heavy atom. The van der Waals surface area contributed by atoms with Gasteiger partial charge in [-0.1, -0.05) is 30.3 Å². The van der Waals surface area contributed by atoms with E-state index in [4.69, 9.17) is 14.1 Å². The Hall–Kier alpha value is -3.93. The average molecular weight is 398 g/mol. The number of methoxy groups -OCH3 is 1. The zero-order valence-electron chi connectivity index (χ0n) is 16.4. The summed E-state index contributed by atoms with van der Waals surface area (Å²) in [6.07, 6.45) is 3.89. The first-order valence-corrected chi connectivity index (χ1v) is 9.72. The van der Waals surface area contributed by atoms with E-state index in [9.17, 15) is 4.79 Å². The van der Waals surface area contributed by atoms with E-state index >= 15 is 0 Å². The topological polar surface area (TPSA) is 68.2 Å². The molecule has 2 aromatic heterocycles. The molecule has 0 saturated heterocycles. The van der Waals surface area contributed by atoms with Crippen LogP contribution < -0.4 is 14.6 Å². The van der Waals surface area contributed by atoms with E-state index in [0.29, 0.717) is 17.9 Å². The van der Waals surface area contributed by atoms with Crippen LogP contribution in [0.5, 0.6) is 5.75 Å². The van der Waals surface area contributed by atoms with Gasteiger partial charge in [0.2, 0.25) is 6.04 Å². The molecule has 0 bridgehead atoms. The molecule has 0 aliphatic carbocycles. The fourth-order valence-electron chi connectivity index (χ4n) is 3.68. The number of rotatable bonds is 5. The number of nitrogens with zero attached hydrogens (tertiary/aromatic N) is 2. The third-order valence-corrected chi connectivity index (χ3v) is 5.21. The molecule has 5 rings (SSSR count). The molecule has 0 radical (unpaired) electrons. The number of hydrogen-bond donors (Lipinski definition) is 1. The molecule has 0 amide bonds. The molecule has 30 heavy (non-hydrogen) atoms. The number of anilines is 1. The molecule has 4 aromatic rings. The fraction of sp³-hybridized carbons (Fsp3) is 0.125. The van der Waals surface area contributed by atoms with Gasteiger partial charge in [0.15, 0.2) is 5.69 Å². The van der Waals surface area contributed by atoms with Crippen LogP contribution in [0.25, 0.3) is 22.5 Å². The van der Waals surface area contributed by atoms with Crippen LogP contribution in [-0.2, 0) is 6.42 Å². The number of hydrogen-bond acceptors (Lipinski definition) is 5. The first kappa shape index (κ1) is 18.1. The van der Waals surface area contributed by atoms with Crippen LogP contribution in [0.1, 0.15) is 10.6 Å². The lowest BCUT2D eigenvalue weighted by Crippen LogP contribution is -2.43. The van der Waals surface area contributed by atoms with Crippen molar-refractivity contribution in [3.8, 4) is 28.3 Å². The largest absolute Gasteiger partial charge is 0.497 e. The number of fused-ring (bicyclic) bond motifs is 1. The van der Waals surface area contributed by atoms with E-state index in [2.05, 4.69) is 5.32 Å². The van der Waals surface area contributed by atoms with Gasteiger partial charge in [-0.25, -0.2) is 9.78 Å². The predicted molar refractivity (Wildman–Crippen MR) is 112 cm³/mol. The van der Waals surface area contributed by atoms with Crippen molar-refractivity contribution >= 4 is 11.7 Å². The summed E-state index contributed by atoms with van der Waals surface area (Å²) in [5.74, 6) is 2.18. The summed E-state index contributed by atoms with van der Waals surface area (Å²) in [4.78, 5) is 18.1. The van der Waals surface area contributed by atoms with Crippen LogP contribution >= 0.6 is 0 Å². The van der Waals surface area contributed by atoms with E-state index in [1.165, 1.54) is 0 Å². The maximum absolute atomic E-state index is 13.2. The minimum Gasteiger partial charge on any atom is -0.497 e. The summed E-state index contributed by atoms with van der Waals surface area (Å²) in [6, 6.07) is 20.8. The molecule has 1 N–H and O–H groups in total. The number of aromatic nitrogens is 2. The standard InChI is InChI=1S/C24H19N3O3/c1-29-18-11-9-17(10-12-18)22-23-26-20(14-19-8-5-13-30-19)24(28)27(23)15-21(25-22)16-6-3-2-4-7-16/h2-13,15,20H,14H2,1H3/p+1. The molecule has 0 fully saturated rings. The maximum atomic E-state index is 13.2. The van der Waals surface area contributed by atoms with Gasteiger partial charge in [0.1, 0.15) is 23.4 Å². The van der Waals surface area contributed by atoms with Crippen molar-refractivity contribution in [3.05, 3.63) is 85.0 Å². The van der Waals surface area contributed by atoms with Crippen LogP contribution in [0.4, 0.5) is 5.82 Å². The first-order chi connectivity index (χ1) is 14.7. The summed E-state index contributed by atoms with van der Waals surface area (Å²) in [5, 5.41) is 3.36. The summed E-state index contributed by atoms with van der Waals surface area (Å²) < 4.78 is 12.4. The summed E-state index contributed by atoms with van der Waals surface area (Å²) in [7, 11) is 1.64. The lowest BCUT2D eigenvalue weighted by molar-refractivity contribution is -0.551. The minimum atomic E-state index is -0.416. The van der Waals surface area contributed by atoms with Crippen molar-refractivity contribution in [2.45, 2.75) is 12.5 Å². The van der Waals surface area contributed by atoms with Gasteiger partial charge in [-0.2, -0.15) is 4.57 Å². The van der Waals surface area contributed by atoms with Gasteiger partial charge in [0, 0.05) is 11.1 Å². The highest BCUT2D eigenvalue weighted by Gasteiger charge is 2.41. The lowest BCUT2D eigenvalue weighted by Gasteiger charge is -2.08. The lowest BCUT2D eigenvalue weighted by atomic mass is 10.1. The van der Waals surface area contributed by atoms with Crippen LogP contribution in [0, 0.1) is 0 Å². The van der Waals surface area contributed by atoms with Crippen molar-refractivity contribution in [1.82, 2.24) is 4.98 Å². The van der Waals surface area contributed by atoms with Gasteiger partial charge in [-0.05, 0) is 36.4 Å². The zero-order chi connectivity index (χ0) is 20.5. The Labute approximate surface area is 173 Å². The van der Waals surface area contributed by atoms with Crippen molar-refractivity contribution in [3.63, 3.8) is 0 Å². The summed E-state index contributed by atoms with van der Waals surface area (Å²) >= 11 is 0. The highest BCUT2D eigenvalue weighted by molar-refractivity contribution is 5.86. The van der Waals surface area contributed by atoms with Gasteiger partial charge in [0.05, 0.1) is 19.8 Å². The van der Waals surface area contributed by atoms with E-state index < -0.39 is 6.04 Å². The Kier molecular flexibility index (Phi) is 4.52. The molecule has 1 aliphatic heterocycles. The number of carbonyl (C=O) groups is 1. The van der Waals surface area contributed by atoms with E-state index in [1.807, 2.05) is 66.7 Å². The molecule has 2 aromatic carbocycles. The normalized spacial score (nSPS) is 15.0. The second-order valence-corrected chi connectivity index (χ2v) is 7.11. The average Bonchev–Trinajstić information content (AvgIpc) is 3.42. The molecule has 148 valence electrons. The van der Waals surface area contributed by atoms with E-state index in [-0.39, 0.29) is 5.91 Å². The smallest absolute Gasteiger partial charge is 0.359 e. The third kappa shape index (κ3) is 3.22. The predicted octanol–water partition coefficient (Wildman–Crippen LogP) is 3.98. The summed E-state index contributed by atoms with van der Waals surface area (Å²) in [5.41, 5.74) is 3.30. The van der Waals surface area contributed by atoms with Crippen molar-refractivity contribution in [1.29, 1.82) is 0 Å². The summed E-state index contributed by atoms with van der Waals surface area (Å²) in [6.45, 7) is 0. The number of furan rings is 1. The third-order valence-electron chi connectivity index (χ3n) is 5.21. The number of nitrogens with one attached hydrogen (secondary N) is 1. The molecule has 1 atom stereocenters. The fourth-order valence-corrected chi connectivity index (χ4v) is 3.68. The van der Waals surface area contributed by atoms with Gasteiger partial charge in [-0.15, -0.1) is 0 Å². The number of ether oxygens (including phenoxy) is 1. The number of carbonyl (C=O) groups excluding carboxylic acids is 1. The minimum absolute atomic E-state index is 0.0317. The molecule has 6 heteroatoms. The molecule has 1 unspecified atom stereocenters. The van der Waals surface area contributed by atoms with E-state index in [0.717, 1.165) is 28.3 Å². The molecule has 0 spiro atoms. The number of benzene rings is 2. The molecule has 6 nitrogen and oxygen atoms in total. The Bertz CT molecular complexity index is 1190. The van der Waals surface area contributed by atoms with Crippen LogP contribution in [0.3, 0.4) is 0 Å². The van der Waals surface area contributed by atoms with E-state index in [1.54, 1.807) is 24.1 Å². The highest BCUT2D eigenvalue weighted by Crippen LogP contribution is 2.31. The van der Waals surface area contributed by atoms with Gasteiger partial charge in [-0.3, -0.25) is 5.32 Å². The maximum Gasteiger partial charge on any atom is 0.359 e. The molecule has 1 aliphatic rings. The Balaban J connectivity index is 1.62. The molecule has 0 saturated carbocycles. The van der Waals surface area contributed by atoms with Gasteiger partial charge >= 0.3 is 11.7 Å². The van der Waals surface area contributed by atoms with Crippen LogP contribution in [0.15, 0.2) is 83.6 Å². The van der Waals surface area contributed by atoms with Gasteiger partial charge in [0.25, 0.3) is 0 Å². The molecular weight excluding hydrogens is 378 g/mol. The second kappa shape index (κ2) is 7.48. The van der Waals surface area contributed by atoms with Crippen molar-refractivity contribution in [2.24, 2.45) is 0 Å². The zero-order valence-corrected chi connectivity index (χ0v) is 16.4. The van der Waals surface area contributed by atoms with Gasteiger partial charge < -0.3 is 9.15 Å². The SMILES string of the molecule is COc1ccc(-c2nc(-c3ccccc3)c[n+]3c2NC(Cc2ccco2)C3=O)cc1. The van der Waals surface area contributed by atoms with Crippen LogP contribution in [0.2, 0.25) is 0 Å². The van der Waals surface area contributed by atoms with Crippen LogP contribution in [-0.4, -0.2) is 24.0 Å². The Morgan fingerprint density at radius 1 is 1.03 bits per heavy atom. The van der Waals surface area contributed by atoms with Crippen molar-refractivity contribution < 1.29 is 18.5 Å². The quantitative estimate of drug-likeness (QED) is 0.515. The first-order valence-electron chi connectivity index (χ1n) is 9.72. The highest BCUT2D eigenvalue weighted by atomic mass is 16.5. The van der Waals surface area contributed by atoms with Crippen molar-refractivity contribution in [2.75, 3.05) is 12.4 Å². The molecule has 3 heterocycles. The monoisotopic (exact) mass is 398 g/mol. The molecular formula is C24H20N3O3+.